The topological polar surface area (TPSA) is 43.4 Å². The van der Waals surface area contributed by atoms with Crippen LogP contribution in [0.5, 0.6) is 0 Å². The molecule has 3 nitrogen and oxygen atoms in total. The molecule has 0 amide bonds. The van der Waals surface area contributed by atoms with Gasteiger partial charge in [-0.3, -0.25) is 0 Å². The first kappa shape index (κ1) is 23.9. The normalized spacial score (nSPS) is 16.5. The molecule has 0 spiro atoms. The van der Waals surface area contributed by atoms with Crippen LogP contribution in [0.2, 0.25) is 0 Å². The van der Waals surface area contributed by atoms with Gasteiger partial charge < -0.3 is 0 Å². The van der Waals surface area contributed by atoms with Crippen molar-refractivity contribution in [3.05, 3.63) is 90.5 Å². The summed E-state index contributed by atoms with van der Waals surface area (Å²) < 4.78 is 70.6. The largest absolute Gasteiger partial charge is 0.524 e. The summed E-state index contributed by atoms with van der Waals surface area (Å²) in [5.41, 5.74) is -4.43. The quantitative estimate of drug-likeness (QED) is 0.328. The molecular weight excluding hydrogens is 469 g/mol. The molecular formula is C25H25F3O3S2. The van der Waals surface area contributed by atoms with Crippen LogP contribution < -0.4 is 0 Å². The van der Waals surface area contributed by atoms with Crippen LogP contribution in [0.15, 0.2) is 99.6 Å². The van der Waals surface area contributed by atoms with Gasteiger partial charge in [-0.25, -0.2) is 0 Å². The lowest BCUT2D eigenvalue weighted by atomic mass is 9.84. The SMILES string of the molecule is O=S(=O)(OS(c1ccccc1)(c1ccccc1)c1ccc(C2CCCCC2)cc1)C(F)(F)F. The molecule has 1 saturated carbocycles. The van der Waals surface area contributed by atoms with Crippen LogP contribution in [0, 0.1) is 0 Å². The highest BCUT2D eigenvalue weighted by atomic mass is 32.3. The average Bonchev–Trinajstić information content (AvgIpc) is 2.84. The summed E-state index contributed by atoms with van der Waals surface area (Å²) in [6, 6.07) is 23.8. The third kappa shape index (κ3) is 4.83. The Morgan fingerprint density at radius 2 is 1.12 bits per heavy atom. The monoisotopic (exact) mass is 494 g/mol. The summed E-state index contributed by atoms with van der Waals surface area (Å²) in [5, 5.41) is 0. The number of benzene rings is 3. The van der Waals surface area contributed by atoms with E-state index in [1.165, 1.54) is 6.42 Å². The molecule has 3 aromatic rings. The standard InChI is InChI=1S/C25H25F3O3S2/c26-25(27,28)33(29,30)31-32(22-12-6-2-7-13-22,23-14-8-3-9-15-23)24-18-16-21(17-19-24)20-10-4-1-5-11-20/h2-3,6-9,12-20H,1,4-5,10-11H2. The molecule has 33 heavy (non-hydrogen) atoms. The van der Waals surface area contributed by atoms with Gasteiger partial charge in [0.1, 0.15) is 0 Å². The van der Waals surface area contributed by atoms with Crippen molar-refractivity contribution in [2.75, 3.05) is 0 Å². The predicted octanol–water partition coefficient (Wildman–Crippen LogP) is 7.80. The van der Waals surface area contributed by atoms with E-state index >= 15 is 0 Å². The highest BCUT2D eigenvalue weighted by Crippen LogP contribution is 2.70. The highest BCUT2D eigenvalue weighted by molar-refractivity contribution is 8.33. The first-order valence-electron chi connectivity index (χ1n) is 10.8. The van der Waals surface area contributed by atoms with Gasteiger partial charge in [-0.05, 0) is 71.0 Å². The Kier molecular flexibility index (Phi) is 6.88. The van der Waals surface area contributed by atoms with Gasteiger partial charge in [-0.2, -0.15) is 25.2 Å². The second-order valence-corrected chi connectivity index (χ2v) is 12.5. The minimum absolute atomic E-state index is 0.370. The fraction of sp³-hybridized carbons (Fsp3) is 0.280. The molecule has 0 atom stereocenters. The Labute approximate surface area is 194 Å². The molecule has 1 fully saturated rings. The van der Waals surface area contributed by atoms with Crippen molar-refractivity contribution in [3.8, 4) is 0 Å². The molecule has 0 aliphatic heterocycles. The minimum Gasteiger partial charge on any atom is -0.200 e. The van der Waals surface area contributed by atoms with Crippen LogP contribution in [0.3, 0.4) is 0 Å². The molecule has 0 saturated heterocycles. The maximum absolute atomic E-state index is 13.5. The maximum atomic E-state index is 13.5. The van der Waals surface area contributed by atoms with E-state index in [2.05, 4.69) is 0 Å². The van der Waals surface area contributed by atoms with Crippen molar-refractivity contribution in [2.45, 2.75) is 58.2 Å². The maximum Gasteiger partial charge on any atom is 0.524 e. The zero-order valence-corrected chi connectivity index (χ0v) is 19.5. The molecule has 0 unspecified atom stereocenters. The van der Waals surface area contributed by atoms with Gasteiger partial charge in [0.15, 0.2) is 0 Å². The summed E-state index contributed by atoms with van der Waals surface area (Å²) in [6.07, 6.45) is 5.68. The van der Waals surface area contributed by atoms with Gasteiger partial charge in [0.2, 0.25) is 0 Å². The van der Waals surface area contributed by atoms with E-state index in [0.717, 1.165) is 31.2 Å². The molecule has 176 valence electrons. The van der Waals surface area contributed by atoms with E-state index < -0.39 is 25.9 Å². The zero-order valence-electron chi connectivity index (χ0n) is 17.9. The Hall–Kier alpha value is -2.29. The van der Waals surface area contributed by atoms with Crippen LogP contribution in [0.25, 0.3) is 0 Å². The lowest BCUT2D eigenvalue weighted by molar-refractivity contribution is -0.0496. The van der Waals surface area contributed by atoms with Crippen LogP contribution >= 0.6 is 10.3 Å². The molecule has 1 aliphatic carbocycles. The zero-order chi connectivity index (χ0) is 23.5. The number of rotatable bonds is 6. The first-order valence-corrected chi connectivity index (χ1v) is 13.8. The first-order chi connectivity index (χ1) is 15.7. The third-order valence-electron chi connectivity index (χ3n) is 5.91. The van der Waals surface area contributed by atoms with Gasteiger partial charge >= 0.3 is 15.6 Å². The molecule has 0 radical (unpaired) electrons. The van der Waals surface area contributed by atoms with Crippen LogP contribution in [0.4, 0.5) is 13.2 Å². The van der Waals surface area contributed by atoms with Crippen molar-refractivity contribution in [2.24, 2.45) is 0 Å². The molecule has 0 aromatic heterocycles. The van der Waals surface area contributed by atoms with E-state index in [0.29, 0.717) is 20.6 Å². The molecule has 1 aliphatic rings. The molecule has 4 rings (SSSR count). The lowest BCUT2D eigenvalue weighted by Crippen LogP contribution is -2.27. The molecule has 3 aromatic carbocycles. The van der Waals surface area contributed by atoms with E-state index in [1.807, 2.05) is 12.1 Å². The average molecular weight is 495 g/mol. The van der Waals surface area contributed by atoms with Crippen LogP contribution in [0.1, 0.15) is 43.6 Å². The van der Waals surface area contributed by atoms with Crippen molar-refractivity contribution >= 4 is 20.4 Å². The van der Waals surface area contributed by atoms with E-state index in [4.69, 9.17) is 3.63 Å². The van der Waals surface area contributed by atoms with Gasteiger partial charge in [0.05, 0.1) is 0 Å². The molecule has 8 heteroatoms. The van der Waals surface area contributed by atoms with E-state index in [9.17, 15) is 21.6 Å². The highest BCUT2D eigenvalue weighted by Gasteiger charge is 2.52. The Balaban J connectivity index is 1.91. The number of alkyl halides is 3. The summed E-state index contributed by atoms with van der Waals surface area (Å²) in [6.45, 7) is 0. The Morgan fingerprint density at radius 1 is 0.667 bits per heavy atom. The van der Waals surface area contributed by atoms with Crippen molar-refractivity contribution in [3.63, 3.8) is 0 Å². The third-order valence-corrected chi connectivity index (χ3v) is 10.8. The fourth-order valence-corrected chi connectivity index (χ4v) is 9.03. The molecule has 0 N–H and O–H groups in total. The Morgan fingerprint density at radius 3 is 1.58 bits per heavy atom. The van der Waals surface area contributed by atoms with Gasteiger partial charge in [0, 0.05) is 14.7 Å². The van der Waals surface area contributed by atoms with Gasteiger partial charge in [-0.15, -0.1) is 0 Å². The van der Waals surface area contributed by atoms with E-state index in [-0.39, 0.29) is 0 Å². The summed E-state index contributed by atoms with van der Waals surface area (Å²) in [5.74, 6) is 0.408. The minimum atomic E-state index is -5.89. The van der Waals surface area contributed by atoms with Crippen LogP contribution in [-0.4, -0.2) is 13.9 Å². The van der Waals surface area contributed by atoms with Crippen LogP contribution in [-0.2, 0) is 13.7 Å². The molecule has 0 bridgehead atoms. The Bertz CT molecular complexity index is 1120. The second kappa shape index (κ2) is 9.52. The van der Waals surface area contributed by atoms with Gasteiger partial charge in [-0.1, -0.05) is 67.8 Å². The number of hydrogen-bond acceptors (Lipinski definition) is 3. The van der Waals surface area contributed by atoms with Crippen molar-refractivity contribution < 1.29 is 25.2 Å². The van der Waals surface area contributed by atoms with Gasteiger partial charge in [0.25, 0.3) is 0 Å². The van der Waals surface area contributed by atoms with E-state index in [1.54, 1.807) is 72.8 Å². The summed E-state index contributed by atoms with van der Waals surface area (Å²) >= 11 is 0. The van der Waals surface area contributed by atoms with Crippen molar-refractivity contribution in [1.29, 1.82) is 0 Å². The molecule has 0 heterocycles. The predicted molar refractivity (Wildman–Crippen MR) is 124 cm³/mol. The lowest BCUT2D eigenvalue weighted by Gasteiger charge is -2.39. The number of halogens is 3. The van der Waals surface area contributed by atoms with Crippen molar-refractivity contribution in [1.82, 2.24) is 0 Å². The fourth-order valence-electron chi connectivity index (χ4n) is 4.29. The number of hydrogen-bond donors (Lipinski definition) is 0. The summed E-state index contributed by atoms with van der Waals surface area (Å²) in [7, 11) is -9.12. The summed E-state index contributed by atoms with van der Waals surface area (Å²) in [4.78, 5) is 1.14. The second-order valence-electron chi connectivity index (χ2n) is 8.05. The smallest absolute Gasteiger partial charge is 0.200 e.